The minimum Gasteiger partial charge on any atom is -0.493 e. The Hall–Kier alpha value is -1.52. The van der Waals surface area contributed by atoms with Gasteiger partial charge in [0, 0.05) is 11.4 Å². The first kappa shape index (κ1) is 25.7. The van der Waals surface area contributed by atoms with Crippen LogP contribution >= 0.6 is 35.3 Å². The van der Waals surface area contributed by atoms with E-state index in [-0.39, 0.29) is 24.0 Å². The molecule has 1 saturated carbocycles. The topological polar surface area (TPSA) is 75.1 Å². The molecule has 1 aromatic heterocycles. The van der Waals surface area contributed by atoms with Crippen molar-refractivity contribution in [3.05, 3.63) is 46.2 Å². The number of aliphatic imine (C=N–C) groups is 1. The minimum absolute atomic E-state index is 0. The van der Waals surface area contributed by atoms with Gasteiger partial charge in [0.25, 0.3) is 0 Å². The molecule has 0 amide bonds. The number of ether oxygens (including phenoxy) is 2. The van der Waals surface area contributed by atoms with Crippen molar-refractivity contribution in [2.75, 3.05) is 20.2 Å². The molecule has 0 spiro atoms. The predicted octanol–water partition coefficient (Wildman–Crippen LogP) is 4.66. The number of methoxy groups -OCH3 is 1. The number of halogens is 1. The lowest BCUT2D eigenvalue weighted by Gasteiger charge is -2.23. The van der Waals surface area contributed by atoms with Crippen LogP contribution in [0, 0.1) is 0 Å². The number of nitrogens with zero attached hydrogens (tertiary/aromatic N) is 1. The van der Waals surface area contributed by atoms with Crippen LogP contribution < -0.4 is 20.1 Å². The Labute approximate surface area is 206 Å². The maximum Gasteiger partial charge on any atom is 0.191 e. The third-order valence-corrected chi connectivity index (χ3v) is 6.36. The third kappa shape index (κ3) is 7.54. The van der Waals surface area contributed by atoms with E-state index in [0.717, 1.165) is 41.3 Å². The number of hydrogen-bond donors (Lipinski definition) is 3. The van der Waals surface area contributed by atoms with Gasteiger partial charge >= 0.3 is 0 Å². The lowest BCUT2D eigenvalue weighted by atomic mass is 10.1. The molecule has 8 heteroatoms. The summed E-state index contributed by atoms with van der Waals surface area (Å²) in [5.74, 6) is 2.21. The maximum atomic E-state index is 10.7. The van der Waals surface area contributed by atoms with E-state index in [1.165, 1.54) is 12.8 Å². The lowest BCUT2D eigenvalue weighted by molar-refractivity contribution is 0.0655. The Morgan fingerprint density at radius 2 is 2.00 bits per heavy atom. The molecule has 6 nitrogen and oxygen atoms in total. The molecule has 0 bridgehead atoms. The molecule has 0 aliphatic heterocycles. The molecule has 3 rings (SSSR count). The highest BCUT2D eigenvalue weighted by atomic mass is 127. The second-order valence-electron chi connectivity index (χ2n) is 7.81. The fraction of sp³-hybridized carbons (Fsp3) is 0.522. The van der Waals surface area contributed by atoms with Crippen LogP contribution in [0.4, 0.5) is 0 Å². The first-order valence-electron chi connectivity index (χ1n) is 10.6. The molecule has 0 saturated heterocycles. The normalized spacial score (nSPS) is 16.3. The lowest BCUT2D eigenvalue weighted by Crippen LogP contribution is -2.44. The number of nitrogens with one attached hydrogen (secondary N) is 2. The van der Waals surface area contributed by atoms with E-state index in [4.69, 9.17) is 9.47 Å². The van der Waals surface area contributed by atoms with Gasteiger partial charge in [-0.1, -0.05) is 12.1 Å². The first-order valence-corrected chi connectivity index (χ1v) is 11.5. The monoisotopic (exact) mass is 559 g/mol. The molecular weight excluding hydrogens is 525 g/mol. The van der Waals surface area contributed by atoms with Crippen LogP contribution in [-0.2, 0) is 12.1 Å². The van der Waals surface area contributed by atoms with E-state index in [1.807, 2.05) is 49.6 Å². The summed E-state index contributed by atoms with van der Waals surface area (Å²) >= 11 is 1.55. The minimum atomic E-state index is -0.952. The van der Waals surface area contributed by atoms with Crippen molar-refractivity contribution in [3.8, 4) is 11.5 Å². The van der Waals surface area contributed by atoms with Crippen LogP contribution in [0.25, 0.3) is 0 Å². The summed E-state index contributed by atoms with van der Waals surface area (Å²) in [7, 11) is 1.67. The quantitative estimate of drug-likeness (QED) is 0.237. The second kappa shape index (κ2) is 12.5. The van der Waals surface area contributed by atoms with E-state index in [9.17, 15) is 5.11 Å². The van der Waals surface area contributed by atoms with E-state index in [0.29, 0.717) is 25.2 Å². The van der Waals surface area contributed by atoms with Crippen LogP contribution in [0.15, 0.2) is 40.7 Å². The fourth-order valence-corrected chi connectivity index (χ4v) is 4.32. The van der Waals surface area contributed by atoms with Crippen molar-refractivity contribution >= 4 is 41.3 Å². The van der Waals surface area contributed by atoms with Gasteiger partial charge in [-0.05, 0) is 68.7 Å². The summed E-state index contributed by atoms with van der Waals surface area (Å²) in [6.45, 7) is 5.44. The van der Waals surface area contributed by atoms with E-state index in [1.54, 1.807) is 18.4 Å². The van der Waals surface area contributed by atoms with Crippen molar-refractivity contribution in [3.63, 3.8) is 0 Å². The van der Waals surface area contributed by atoms with E-state index < -0.39 is 5.60 Å². The van der Waals surface area contributed by atoms with E-state index >= 15 is 0 Å². The number of aliphatic hydroxyl groups is 1. The Balaban J connectivity index is 0.00000341. The van der Waals surface area contributed by atoms with Gasteiger partial charge in [0.05, 0.1) is 26.3 Å². The molecular formula is C23H34IN3O3S. The van der Waals surface area contributed by atoms with Crippen LogP contribution in [-0.4, -0.2) is 37.4 Å². The SMILES string of the molecule is CCNC(=NCc1ccc(OC2CCCC2)c(OC)c1)NCC(C)(O)c1cccs1.I. The molecule has 1 aromatic carbocycles. The molecule has 1 aliphatic rings. The van der Waals surface area contributed by atoms with E-state index in [2.05, 4.69) is 15.6 Å². The Morgan fingerprint density at radius 3 is 2.65 bits per heavy atom. The van der Waals surface area contributed by atoms with Crippen LogP contribution in [0.3, 0.4) is 0 Å². The molecule has 172 valence electrons. The van der Waals surface area contributed by atoms with Crippen LogP contribution in [0.5, 0.6) is 11.5 Å². The molecule has 1 heterocycles. The molecule has 1 unspecified atom stereocenters. The maximum absolute atomic E-state index is 10.7. The summed E-state index contributed by atoms with van der Waals surface area (Å²) in [4.78, 5) is 5.59. The number of hydrogen-bond acceptors (Lipinski definition) is 5. The molecule has 0 radical (unpaired) electrons. The summed E-state index contributed by atoms with van der Waals surface area (Å²) < 4.78 is 11.7. The number of guanidine groups is 1. The zero-order valence-electron chi connectivity index (χ0n) is 18.5. The van der Waals surface area contributed by atoms with Crippen molar-refractivity contribution in [2.24, 2.45) is 4.99 Å². The average Bonchev–Trinajstić information content (AvgIpc) is 3.45. The highest BCUT2D eigenvalue weighted by Gasteiger charge is 2.24. The highest BCUT2D eigenvalue weighted by Crippen LogP contribution is 2.32. The van der Waals surface area contributed by atoms with Crippen molar-refractivity contribution < 1.29 is 14.6 Å². The fourth-order valence-electron chi connectivity index (χ4n) is 3.53. The molecule has 2 aromatic rings. The van der Waals surface area contributed by atoms with Gasteiger partial charge in [0.2, 0.25) is 0 Å². The van der Waals surface area contributed by atoms with Crippen molar-refractivity contribution in [2.45, 2.75) is 57.8 Å². The van der Waals surface area contributed by atoms with Crippen LogP contribution in [0.2, 0.25) is 0 Å². The standard InChI is InChI=1S/C23H33N3O3S.HI/c1-4-24-22(26-16-23(2,27)21-10-7-13-30-21)25-15-17-11-12-19(20(14-17)28-3)29-18-8-5-6-9-18;/h7,10-14,18,27H,4-6,8-9,15-16H2,1-3H3,(H2,24,25,26);1H. The third-order valence-electron chi connectivity index (χ3n) is 5.24. The first-order chi connectivity index (χ1) is 14.5. The van der Waals surface area contributed by atoms with Gasteiger partial charge in [0.15, 0.2) is 17.5 Å². The number of rotatable bonds is 9. The molecule has 1 atom stereocenters. The van der Waals surface area contributed by atoms with Gasteiger partial charge in [0.1, 0.15) is 5.60 Å². The molecule has 1 aliphatic carbocycles. The van der Waals surface area contributed by atoms with Crippen LogP contribution in [0.1, 0.15) is 50.0 Å². The van der Waals surface area contributed by atoms with Crippen molar-refractivity contribution in [1.29, 1.82) is 0 Å². The van der Waals surface area contributed by atoms with Crippen molar-refractivity contribution in [1.82, 2.24) is 10.6 Å². The Bertz CT molecular complexity index is 821. The largest absolute Gasteiger partial charge is 0.493 e. The van der Waals surface area contributed by atoms with Gasteiger partial charge in [-0.15, -0.1) is 35.3 Å². The Kier molecular flexibility index (Phi) is 10.4. The summed E-state index contributed by atoms with van der Waals surface area (Å²) in [6.07, 6.45) is 4.99. The number of benzene rings is 1. The zero-order chi connectivity index (χ0) is 21.4. The predicted molar refractivity (Wildman–Crippen MR) is 138 cm³/mol. The molecule has 3 N–H and O–H groups in total. The second-order valence-corrected chi connectivity index (χ2v) is 8.76. The molecule has 1 fully saturated rings. The summed E-state index contributed by atoms with van der Waals surface area (Å²) in [5.41, 5.74) is 0.0835. The van der Waals surface area contributed by atoms with Gasteiger partial charge < -0.3 is 25.2 Å². The van der Waals surface area contributed by atoms with Gasteiger partial charge in [-0.2, -0.15) is 0 Å². The zero-order valence-corrected chi connectivity index (χ0v) is 21.7. The summed E-state index contributed by atoms with van der Waals surface area (Å²) in [5, 5.41) is 19.2. The smallest absolute Gasteiger partial charge is 0.191 e. The van der Waals surface area contributed by atoms with Gasteiger partial charge in [-0.3, -0.25) is 0 Å². The number of thiophene rings is 1. The Morgan fingerprint density at radius 1 is 1.23 bits per heavy atom. The average molecular weight is 560 g/mol. The molecule has 31 heavy (non-hydrogen) atoms. The summed E-state index contributed by atoms with van der Waals surface area (Å²) in [6, 6.07) is 9.88. The van der Waals surface area contributed by atoms with Gasteiger partial charge in [-0.25, -0.2) is 4.99 Å². The highest BCUT2D eigenvalue weighted by molar-refractivity contribution is 14.0.